The van der Waals surface area contributed by atoms with Gasteiger partial charge in [0.1, 0.15) is 5.82 Å². The SMILES string of the molecule is Cc1cc(F)ccc1CNCC(C)(C)CCl. The smallest absolute Gasteiger partial charge is 0.123 e. The van der Waals surface area contributed by atoms with Gasteiger partial charge in [-0.05, 0) is 35.6 Å². The molecule has 0 saturated heterocycles. The maximum Gasteiger partial charge on any atom is 0.123 e. The van der Waals surface area contributed by atoms with Crippen molar-refractivity contribution in [2.45, 2.75) is 27.3 Å². The van der Waals surface area contributed by atoms with Crippen molar-refractivity contribution in [3.05, 3.63) is 35.1 Å². The van der Waals surface area contributed by atoms with Crippen LogP contribution in [0.3, 0.4) is 0 Å². The second kappa shape index (κ2) is 5.65. The molecule has 0 radical (unpaired) electrons. The van der Waals surface area contributed by atoms with Crippen LogP contribution in [0.5, 0.6) is 0 Å². The van der Waals surface area contributed by atoms with Crippen molar-refractivity contribution in [2.75, 3.05) is 12.4 Å². The number of hydrogen-bond donors (Lipinski definition) is 1. The lowest BCUT2D eigenvalue weighted by Gasteiger charge is -2.22. The Balaban J connectivity index is 2.49. The normalized spacial score (nSPS) is 11.8. The predicted molar refractivity (Wildman–Crippen MR) is 67.3 cm³/mol. The van der Waals surface area contributed by atoms with Crippen LogP contribution in [0.1, 0.15) is 25.0 Å². The lowest BCUT2D eigenvalue weighted by molar-refractivity contribution is 0.385. The van der Waals surface area contributed by atoms with Gasteiger partial charge in [0.2, 0.25) is 0 Å². The Hall–Kier alpha value is -0.600. The summed E-state index contributed by atoms with van der Waals surface area (Å²) < 4.78 is 12.9. The van der Waals surface area contributed by atoms with Gasteiger partial charge in [0.15, 0.2) is 0 Å². The van der Waals surface area contributed by atoms with Crippen LogP contribution in [0, 0.1) is 18.2 Å². The zero-order chi connectivity index (χ0) is 12.2. The van der Waals surface area contributed by atoms with E-state index in [1.807, 2.05) is 13.0 Å². The fourth-order valence-corrected chi connectivity index (χ4v) is 1.53. The molecule has 0 saturated carbocycles. The molecule has 0 aliphatic carbocycles. The zero-order valence-electron chi connectivity index (χ0n) is 10.1. The van der Waals surface area contributed by atoms with E-state index in [4.69, 9.17) is 11.6 Å². The molecule has 1 nitrogen and oxygen atoms in total. The first-order valence-corrected chi connectivity index (χ1v) is 6.00. The molecule has 1 aromatic carbocycles. The topological polar surface area (TPSA) is 12.0 Å². The van der Waals surface area contributed by atoms with E-state index < -0.39 is 0 Å². The first kappa shape index (κ1) is 13.5. The van der Waals surface area contributed by atoms with Crippen molar-refractivity contribution in [3.63, 3.8) is 0 Å². The average Bonchev–Trinajstić information content (AvgIpc) is 2.21. The van der Waals surface area contributed by atoms with Gasteiger partial charge in [0.05, 0.1) is 0 Å². The van der Waals surface area contributed by atoms with E-state index in [0.717, 1.165) is 24.2 Å². The number of benzene rings is 1. The maximum atomic E-state index is 12.9. The fourth-order valence-electron chi connectivity index (χ4n) is 1.44. The summed E-state index contributed by atoms with van der Waals surface area (Å²) in [7, 11) is 0. The van der Waals surface area contributed by atoms with Gasteiger partial charge in [0, 0.05) is 19.0 Å². The summed E-state index contributed by atoms with van der Waals surface area (Å²) in [6.45, 7) is 7.77. The number of aryl methyl sites for hydroxylation is 1. The average molecular weight is 244 g/mol. The van der Waals surface area contributed by atoms with Gasteiger partial charge in [-0.1, -0.05) is 19.9 Å². The Morgan fingerprint density at radius 3 is 2.62 bits per heavy atom. The van der Waals surface area contributed by atoms with E-state index in [1.54, 1.807) is 6.07 Å². The summed E-state index contributed by atoms with van der Waals surface area (Å²) in [6.07, 6.45) is 0. The molecular weight excluding hydrogens is 225 g/mol. The van der Waals surface area contributed by atoms with Crippen molar-refractivity contribution < 1.29 is 4.39 Å². The second-order valence-electron chi connectivity index (χ2n) is 4.97. The minimum Gasteiger partial charge on any atom is -0.312 e. The van der Waals surface area contributed by atoms with Crippen LogP contribution >= 0.6 is 11.6 Å². The third-order valence-electron chi connectivity index (χ3n) is 2.59. The highest BCUT2D eigenvalue weighted by atomic mass is 35.5. The largest absolute Gasteiger partial charge is 0.312 e. The quantitative estimate of drug-likeness (QED) is 0.781. The van der Waals surface area contributed by atoms with Gasteiger partial charge in [-0.2, -0.15) is 0 Å². The number of rotatable bonds is 5. The Kier molecular flexibility index (Phi) is 4.75. The van der Waals surface area contributed by atoms with Crippen molar-refractivity contribution >= 4 is 11.6 Å². The second-order valence-corrected chi connectivity index (χ2v) is 5.24. The van der Waals surface area contributed by atoms with Crippen molar-refractivity contribution in [1.82, 2.24) is 5.32 Å². The molecule has 1 aromatic rings. The van der Waals surface area contributed by atoms with Gasteiger partial charge in [-0.3, -0.25) is 0 Å². The van der Waals surface area contributed by atoms with Crippen molar-refractivity contribution in [2.24, 2.45) is 5.41 Å². The number of halogens is 2. The Bertz CT molecular complexity index is 350. The summed E-state index contributed by atoms with van der Waals surface area (Å²) in [5.74, 6) is 0.449. The van der Waals surface area contributed by atoms with Crippen LogP contribution in [0.4, 0.5) is 4.39 Å². The monoisotopic (exact) mass is 243 g/mol. The van der Waals surface area contributed by atoms with E-state index in [0.29, 0.717) is 5.88 Å². The minimum absolute atomic E-state index is 0.0927. The minimum atomic E-state index is -0.178. The van der Waals surface area contributed by atoms with Crippen LogP contribution in [-0.4, -0.2) is 12.4 Å². The summed E-state index contributed by atoms with van der Waals surface area (Å²) in [6, 6.07) is 4.88. The van der Waals surface area contributed by atoms with E-state index in [2.05, 4.69) is 19.2 Å². The molecule has 0 atom stereocenters. The van der Waals surface area contributed by atoms with Crippen LogP contribution in [0.15, 0.2) is 18.2 Å². The standard InChI is InChI=1S/C13H19ClFN/c1-10-6-12(15)5-4-11(10)7-16-9-13(2,3)8-14/h4-6,16H,7-9H2,1-3H3. The molecule has 16 heavy (non-hydrogen) atoms. The van der Waals surface area contributed by atoms with Crippen LogP contribution in [0.2, 0.25) is 0 Å². The molecule has 0 bridgehead atoms. The molecule has 90 valence electrons. The first-order valence-electron chi connectivity index (χ1n) is 5.46. The van der Waals surface area contributed by atoms with E-state index >= 15 is 0 Å². The van der Waals surface area contributed by atoms with E-state index in [9.17, 15) is 4.39 Å². The fraction of sp³-hybridized carbons (Fsp3) is 0.538. The summed E-state index contributed by atoms with van der Waals surface area (Å²) in [5.41, 5.74) is 2.21. The highest BCUT2D eigenvalue weighted by Crippen LogP contribution is 2.16. The van der Waals surface area contributed by atoms with Gasteiger partial charge in [-0.25, -0.2) is 4.39 Å². The lowest BCUT2D eigenvalue weighted by atomic mass is 9.96. The molecular formula is C13H19ClFN. The third-order valence-corrected chi connectivity index (χ3v) is 3.31. The molecule has 0 fully saturated rings. The third kappa shape index (κ3) is 4.11. The molecule has 0 heterocycles. The number of nitrogens with one attached hydrogen (secondary N) is 1. The molecule has 0 aromatic heterocycles. The molecule has 1 N–H and O–H groups in total. The van der Waals surface area contributed by atoms with Crippen molar-refractivity contribution in [1.29, 1.82) is 0 Å². The van der Waals surface area contributed by atoms with Gasteiger partial charge in [0.25, 0.3) is 0 Å². The Labute approximate surface area is 102 Å². The maximum absolute atomic E-state index is 12.9. The molecule has 0 aliphatic rings. The summed E-state index contributed by atoms with van der Waals surface area (Å²) in [4.78, 5) is 0. The highest BCUT2D eigenvalue weighted by Gasteiger charge is 2.15. The van der Waals surface area contributed by atoms with Crippen molar-refractivity contribution in [3.8, 4) is 0 Å². The molecule has 1 rings (SSSR count). The van der Waals surface area contributed by atoms with Gasteiger partial charge < -0.3 is 5.32 Å². The van der Waals surface area contributed by atoms with Gasteiger partial charge >= 0.3 is 0 Å². The molecule has 3 heteroatoms. The highest BCUT2D eigenvalue weighted by molar-refractivity contribution is 6.18. The predicted octanol–water partition coefficient (Wildman–Crippen LogP) is 3.49. The van der Waals surface area contributed by atoms with E-state index in [-0.39, 0.29) is 11.2 Å². The molecule has 0 spiro atoms. The number of alkyl halides is 1. The van der Waals surface area contributed by atoms with Crippen LogP contribution in [0.25, 0.3) is 0 Å². The first-order chi connectivity index (χ1) is 7.44. The summed E-state index contributed by atoms with van der Waals surface area (Å²) in [5, 5.41) is 3.35. The number of hydrogen-bond acceptors (Lipinski definition) is 1. The zero-order valence-corrected chi connectivity index (χ0v) is 10.9. The molecule has 0 amide bonds. The Morgan fingerprint density at radius 1 is 1.38 bits per heavy atom. The molecule has 0 unspecified atom stereocenters. The molecule has 0 aliphatic heterocycles. The van der Waals surface area contributed by atoms with Crippen LogP contribution in [-0.2, 0) is 6.54 Å². The van der Waals surface area contributed by atoms with Gasteiger partial charge in [-0.15, -0.1) is 11.6 Å². The lowest BCUT2D eigenvalue weighted by Crippen LogP contribution is -2.30. The Morgan fingerprint density at radius 2 is 2.06 bits per heavy atom. The summed E-state index contributed by atoms with van der Waals surface area (Å²) >= 11 is 5.84. The van der Waals surface area contributed by atoms with Crippen LogP contribution < -0.4 is 5.32 Å². The van der Waals surface area contributed by atoms with E-state index in [1.165, 1.54) is 6.07 Å².